The van der Waals surface area contributed by atoms with Crippen molar-refractivity contribution >= 4 is 20.5 Å². The SMILES string of the molecule is C=[SiH]c1cc(C)cc(C)c1. The topological polar surface area (TPSA) is 0 Å². The Bertz CT molecular complexity index is 231. The van der Waals surface area contributed by atoms with Gasteiger partial charge in [-0.2, -0.15) is 0 Å². The third-order valence-corrected chi connectivity index (χ3v) is 2.28. The molecule has 0 spiro atoms. The van der Waals surface area contributed by atoms with Crippen LogP contribution in [0, 0.1) is 13.8 Å². The average molecular weight is 148 g/mol. The smallest absolute Gasteiger partial charge is 0.0218 e. The molecule has 1 aromatic carbocycles. The van der Waals surface area contributed by atoms with Gasteiger partial charge in [0, 0.05) is 9.13 Å². The summed E-state index contributed by atoms with van der Waals surface area (Å²) in [7, 11) is 0.236. The van der Waals surface area contributed by atoms with E-state index in [4.69, 9.17) is 0 Å². The maximum atomic E-state index is 3.92. The fourth-order valence-corrected chi connectivity index (χ4v) is 1.89. The van der Waals surface area contributed by atoms with Crippen molar-refractivity contribution in [2.45, 2.75) is 13.8 Å². The summed E-state index contributed by atoms with van der Waals surface area (Å²) in [5, 5.41) is 1.41. The fraction of sp³-hybridized carbons (Fsp3) is 0.222. The highest BCUT2D eigenvalue weighted by Gasteiger charge is 1.89. The summed E-state index contributed by atoms with van der Waals surface area (Å²) in [5.74, 6) is 0. The van der Waals surface area contributed by atoms with Gasteiger partial charge >= 0.3 is 0 Å². The lowest BCUT2D eigenvalue weighted by molar-refractivity contribution is 1.40. The average Bonchev–Trinajstić information content (AvgIpc) is 1.85. The van der Waals surface area contributed by atoms with E-state index in [-0.39, 0.29) is 9.13 Å². The van der Waals surface area contributed by atoms with Gasteiger partial charge in [-0.15, -0.1) is 6.17 Å². The molecular formula is C9H12Si. The van der Waals surface area contributed by atoms with Crippen LogP contribution < -0.4 is 5.19 Å². The molecule has 52 valence electrons. The number of hydrogen-bond acceptors (Lipinski definition) is 0. The second kappa shape index (κ2) is 2.93. The number of rotatable bonds is 1. The summed E-state index contributed by atoms with van der Waals surface area (Å²) >= 11 is 0. The minimum Gasteiger partial charge on any atom is -0.117 e. The number of benzene rings is 1. The van der Waals surface area contributed by atoms with Crippen molar-refractivity contribution in [3.05, 3.63) is 29.3 Å². The zero-order valence-electron chi connectivity index (χ0n) is 6.52. The first-order chi connectivity index (χ1) is 4.72. The van der Waals surface area contributed by atoms with Crippen molar-refractivity contribution in [1.82, 2.24) is 0 Å². The molecule has 0 aromatic heterocycles. The molecule has 0 aliphatic rings. The molecular weight excluding hydrogens is 136 g/mol. The fourth-order valence-electron chi connectivity index (χ4n) is 1.13. The molecule has 0 aliphatic carbocycles. The molecule has 0 N–H and O–H groups in total. The summed E-state index contributed by atoms with van der Waals surface area (Å²) in [4.78, 5) is 0. The van der Waals surface area contributed by atoms with E-state index in [1.807, 2.05) is 0 Å². The second-order valence-corrected chi connectivity index (χ2v) is 3.70. The highest BCUT2D eigenvalue weighted by molar-refractivity contribution is 6.56. The standard InChI is InChI=1S/C9H12Si/c1-7-4-8(2)6-9(5-7)10-3/h4-6,10H,3H2,1-2H3. The third kappa shape index (κ3) is 1.64. The van der Waals surface area contributed by atoms with Gasteiger partial charge in [0.2, 0.25) is 0 Å². The van der Waals surface area contributed by atoms with E-state index >= 15 is 0 Å². The van der Waals surface area contributed by atoms with E-state index in [1.165, 1.54) is 16.3 Å². The van der Waals surface area contributed by atoms with Crippen LogP contribution in [0.1, 0.15) is 11.1 Å². The Morgan fingerprint density at radius 2 is 1.60 bits per heavy atom. The molecule has 1 rings (SSSR count). The molecule has 0 unspecified atom stereocenters. The minimum atomic E-state index is 0.236. The van der Waals surface area contributed by atoms with Gasteiger partial charge in [-0.25, -0.2) is 0 Å². The Morgan fingerprint density at radius 1 is 1.10 bits per heavy atom. The van der Waals surface area contributed by atoms with Crippen molar-refractivity contribution in [2.75, 3.05) is 0 Å². The van der Waals surface area contributed by atoms with E-state index in [2.05, 4.69) is 38.2 Å². The van der Waals surface area contributed by atoms with Crippen molar-refractivity contribution in [3.63, 3.8) is 0 Å². The van der Waals surface area contributed by atoms with Crippen molar-refractivity contribution < 1.29 is 0 Å². The van der Waals surface area contributed by atoms with E-state index < -0.39 is 0 Å². The molecule has 0 atom stereocenters. The minimum absolute atomic E-state index is 0.236. The number of aryl methyl sites for hydroxylation is 2. The summed E-state index contributed by atoms with van der Waals surface area (Å²) < 4.78 is 0. The van der Waals surface area contributed by atoms with Crippen LogP contribution in [0.25, 0.3) is 0 Å². The Hall–Kier alpha value is -0.693. The summed E-state index contributed by atoms with van der Waals surface area (Å²) in [6, 6.07) is 6.63. The van der Waals surface area contributed by atoms with E-state index in [1.54, 1.807) is 0 Å². The van der Waals surface area contributed by atoms with Gasteiger partial charge in [-0.1, -0.05) is 29.3 Å². The van der Waals surface area contributed by atoms with Crippen LogP contribution in [-0.2, 0) is 0 Å². The Kier molecular flexibility index (Phi) is 2.17. The number of hydrogen-bond donors (Lipinski definition) is 0. The maximum Gasteiger partial charge on any atom is 0.0218 e. The van der Waals surface area contributed by atoms with Gasteiger partial charge in [0.25, 0.3) is 0 Å². The van der Waals surface area contributed by atoms with Crippen LogP contribution in [-0.4, -0.2) is 15.3 Å². The van der Waals surface area contributed by atoms with E-state index in [0.717, 1.165) is 0 Å². The molecule has 0 saturated heterocycles. The lowest BCUT2D eigenvalue weighted by Crippen LogP contribution is -2.07. The molecule has 1 heteroatoms. The molecule has 10 heavy (non-hydrogen) atoms. The van der Waals surface area contributed by atoms with Crippen LogP contribution in [0.3, 0.4) is 0 Å². The first kappa shape index (κ1) is 7.41. The predicted molar refractivity (Wildman–Crippen MR) is 49.8 cm³/mol. The summed E-state index contributed by atoms with van der Waals surface area (Å²) in [6.07, 6.45) is 3.92. The van der Waals surface area contributed by atoms with Crippen LogP contribution in [0.5, 0.6) is 0 Å². The molecule has 0 radical (unpaired) electrons. The lowest BCUT2D eigenvalue weighted by atomic mass is 10.2. The summed E-state index contributed by atoms with van der Waals surface area (Å²) in [5.41, 5.74) is 2.71. The Labute approximate surface area is 64.3 Å². The zero-order chi connectivity index (χ0) is 7.56. The van der Waals surface area contributed by atoms with Crippen molar-refractivity contribution in [1.29, 1.82) is 0 Å². The van der Waals surface area contributed by atoms with Gasteiger partial charge in [0.05, 0.1) is 0 Å². The maximum absolute atomic E-state index is 3.92. The van der Waals surface area contributed by atoms with Gasteiger partial charge in [-0.3, -0.25) is 0 Å². The van der Waals surface area contributed by atoms with Crippen LogP contribution >= 0.6 is 0 Å². The van der Waals surface area contributed by atoms with E-state index in [0.29, 0.717) is 0 Å². The summed E-state index contributed by atoms with van der Waals surface area (Å²) in [6.45, 7) is 4.26. The molecule has 0 bridgehead atoms. The van der Waals surface area contributed by atoms with Gasteiger partial charge in [0.15, 0.2) is 0 Å². The van der Waals surface area contributed by atoms with E-state index in [9.17, 15) is 0 Å². The largest absolute Gasteiger partial charge is 0.117 e. The van der Waals surface area contributed by atoms with Crippen molar-refractivity contribution in [2.24, 2.45) is 0 Å². The van der Waals surface area contributed by atoms with Crippen LogP contribution in [0.2, 0.25) is 0 Å². The van der Waals surface area contributed by atoms with Crippen LogP contribution in [0.4, 0.5) is 0 Å². The quantitative estimate of drug-likeness (QED) is 0.517. The Balaban J connectivity index is 3.18. The Morgan fingerprint density at radius 3 is 2.00 bits per heavy atom. The molecule has 0 saturated carbocycles. The second-order valence-electron chi connectivity index (χ2n) is 2.63. The molecule has 0 fully saturated rings. The highest BCUT2D eigenvalue weighted by atomic mass is 28.2. The van der Waals surface area contributed by atoms with Gasteiger partial charge in [-0.05, 0) is 19.0 Å². The lowest BCUT2D eigenvalue weighted by Gasteiger charge is -1.97. The zero-order valence-corrected chi connectivity index (χ0v) is 7.67. The highest BCUT2D eigenvalue weighted by Crippen LogP contribution is 1.98. The van der Waals surface area contributed by atoms with Crippen molar-refractivity contribution in [3.8, 4) is 0 Å². The molecule has 0 aliphatic heterocycles. The van der Waals surface area contributed by atoms with Gasteiger partial charge < -0.3 is 0 Å². The molecule has 0 heterocycles. The molecule has 1 aromatic rings. The monoisotopic (exact) mass is 148 g/mol. The first-order valence-corrected chi connectivity index (χ1v) is 4.82. The predicted octanol–water partition coefficient (Wildman–Crippen LogP) is 0.797. The van der Waals surface area contributed by atoms with Gasteiger partial charge in [0.1, 0.15) is 0 Å². The molecule has 0 amide bonds. The molecule has 0 nitrogen and oxygen atoms in total. The third-order valence-electron chi connectivity index (χ3n) is 1.48. The van der Waals surface area contributed by atoms with Crippen LogP contribution in [0.15, 0.2) is 18.2 Å². The normalized spacial score (nSPS) is 9.40. The first-order valence-electron chi connectivity index (χ1n) is 3.43.